The van der Waals surface area contributed by atoms with Crippen molar-refractivity contribution < 1.29 is 9.53 Å². The van der Waals surface area contributed by atoms with Gasteiger partial charge in [-0.2, -0.15) is 0 Å². The van der Waals surface area contributed by atoms with Gasteiger partial charge in [0.1, 0.15) is 15.8 Å². The maximum atomic E-state index is 13.8. The van der Waals surface area contributed by atoms with Gasteiger partial charge >= 0.3 is 0 Å². The van der Waals surface area contributed by atoms with Gasteiger partial charge < -0.3 is 10.1 Å². The zero-order valence-electron chi connectivity index (χ0n) is 20.7. The van der Waals surface area contributed by atoms with E-state index in [1.54, 1.807) is 23.8 Å². The van der Waals surface area contributed by atoms with Crippen LogP contribution >= 0.6 is 23.1 Å². The molecule has 2 aromatic heterocycles. The fraction of sp³-hybridized carbons (Fsp3) is 0.100. The van der Waals surface area contributed by atoms with Crippen LogP contribution in [0.5, 0.6) is 5.75 Å². The van der Waals surface area contributed by atoms with Crippen LogP contribution in [-0.4, -0.2) is 22.6 Å². The molecule has 1 atom stereocenters. The van der Waals surface area contributed by atoms with Crippen LogP contribution in [0.1, 0.15) is 10.8 Å². The normalized spacial score (nSPS) is 11.7. The van der Waals surface area contributed by atoms with Gasteiger partial charge in [0.05, 0.1) is 12.5 Å². The average molecular weight is 540 g/mol. The molecule has 2 heterocycles. The summed E-state index contributed by atoms with van der Waals surface area (Å²) in [5.74, 6) is 0.413. The number of carbonyl (C=O) groups is 1. The molecule has 0 aliphatic carbocycles. The van der Waals surface area contributed by atoms with Crippen molar-refractivity contribution in [2.45, 2.75) is 17.0 Å². The van der Waals surface area contributed by atoms with Gasteiger partial charge in [0.2, 0.25) is 5.91 Å². The van der Waals surface area contributed by atoms with Gasteiger partial charge in [0, 0.05) is 29.2 Å². The summed E-state index contributed by atoms with van der Waals surface area (Å²) in [6.07, 6.45) is 1.67. The Morgan fingerprint density at radius 3 is 2.55 bits per heavy atom. The van der Waals surface area contributed by atoms with Crippen molar-refractivity contribution in [1.82, 2.24) is 9.55 Å². The lowest BCUT2D eigenvalue weighted by Crippen LogP contribution is -2.25. The second kappa shape index (κ2) is 11.5. The highest BCUT2D eigenvalue weighted by Gasteiger charge is 2.26. The van der Waals surface area contributed by atoms with Crippen LogP contribution in [0, 0.1) is 0 Å². The number of hydrogen-bond acceptors (Lipinski definition) is 6. The van der Waals surface area contributed by atoms with E-state index in [0.717, 1.165) is 16.7 Å². The highest BCUT2D eigenvalue weighted by atomic mass is 32.2. The van der Waals surface area contributed by atoms with Crippen molar-refractivity contribution >= 4 is 44.9 Å². The van der Waals surface area contributed by atoms with Crippen LogP contribution in [0.2, 0.25) is 0 Å². The Hall–Kier alpha value is -4.14. The predicted molar refractivity (Wildman–Crippen MR) is 156 cm³/mol. The second-order valence-electron chi connectivity index (χ2n) is 8.42. The Morgan fingerprint density at radius 1 is 1.11 bits per heavy atom. The molecule has 0 saturated heterocycles. The number of thiophene rings is 1. The van der Waals surface area contributed by atoms with E-state index in [-0.39, 0.29) is 18.0 Å². The monoisotopic (exact) mass is 539 g/mol. The molecule has 3 aromatic carbocycles. The number of allylic oxidation sites excluding steroid dienone is 1. The SMILES string of the molecule is C=CCn1c(SC(C(=O)Nc2cccc(OC)c2)c2ccccc2)nc2scc(-c3ccccc3)c2c1=O. The highest BCUT2D eigenvalue weighted by Crippen LogP contribution is 2.38. The molecule has 190 valence electrons. The predicted octanol–water partition coefficient (Wildman–Crippen LogP) is 6.79. The third kappa shape index (κ3) is 5.27. The summed E-state index contributed by atoms with van der Waals surface area (Å²) in [6.45, 7) is 4.12. The van der Waals surface area contributed by atoms with Gasteiger partial charge in [-0.05, 0) is 23.3 Å². The number of ether oxygens (including phenoxy) is 1. The van der Waals surface area contributed by atoms with E-state index >= 15 is 0 Å². The zero-order valence-corrected chi connectivity index (χ0v) is 22.3. The molecular weight excluding hydrogens is 514 g/mol. The quantitative estimate of drug-likeness (QED) is 0.127. The molecule has 0 aliphatic rings. The van der Waals surface area contributed by atoms with Crippen molar-refractivity contribution in [2.24, 2.45) is 0 Å². The second-order valence-corrected chi connectivity index (χ2v) is 10.4. The van der Waals surface area contributed by atoms with Crippen LogP contribution in [0.4, 0.5) is 5.69 Å². The number of carbonyl (C=O) groups excluding carboxylic acids is 1. The van der Waals surface area contributed by atoms with E-state index in [0.29, 0.717) is 26.8 Å². The Morgan fingerprint density at radius 2 is 1.84 bits per heavy atom. The molecule has 0 saturated carbocycles. The maximum absolute atomic E-state index is 13.8. The number of fused-ring (bicyclic) bond motifs is 1. The molecule has 6 nitrogen and oxygen atoms in total. The van der Waals surface area contributed by atoms with Crippen LogP contribution < -0.4 is 15.6 Å². The molecule has 0 fully saturated rings. The van der Waals surface area contributed by atoms with Crippen LogP contribution in [-0.2, 0) is 11.3 Å². The molecule has 5 aromatic rings. The molecule has 5 rings (SSSR count). The summed E-state index contributed by atoms with van der Waals surface area (Å²) in [5, 5.41) is 5.33. The number of rotatable bonds is 9. The van der Waals surface area contributed by atoms with E-state index in [1.165, 1.54) is 23.1 Å². The molecule has 0 bridgehead atoms. The van der Waals surface area contributed by atoms with Crippen molar-refractivity contribution in [1.29, 1.82) is 0 Å². The summed E-state index contributed by atoms with van der Waals surface area (Å²) in [6, 6.07) is 26.5. The molecule has 1 N–H and O–H groups in total. The van der Waals surface area contributed by atoms with E-state index in [2.05, 4.69) is 11.9 Å². The average Bonchev–Trinajstić information content (AvgIpc) is 3.39. The van der Waals surface area contributed by atoms with Crippen molar-refractivity contribution in [3.63, 3.8) is 0 Å². The number of anilines is 1. The van der Waals surface area contributed by atoms with E-state index < -0.39 is 5.25 Å². The van der Waals surface area contributed by atoms with E-state index in [4.69, 9.17) is 9.72 Å². The first-order valence-corrected chi connectivity index (χ1v) is 13.7. The summed E-state index contributed by atoms with van der Waals surface area (Å²) in [7, 11) is 1.58. The summed E-state index contributed by atoms with van der Waals surface area (Å²) in [5.41, 5.74) is 3.08. The standard InChI is InChI=1S/C30H25N3O3S2/c1-3-17-33-29(35)25-24(20-11-6-4-7-12-20)19-37-28(25)32-30(33)38-26(21-13-8-5-9-14-21)27(34)31-22-15-10-16-23(18-22)36-2/h3-16,18-19,26H,1,17H2,2H3,(H,31,34). The van der Waals surface area contributed by atoms with E-state index in [9.17, 15) is 9.59 Å². The molecule has 0 aliphatic heterocycles. The first-order chi connectivity index (χ1) is 18.6. The van der Waals surface area contributed by atoms with Crippen molar-refractivity contribution in [3.05, 3.63) is 119 Å². The number of hydrogen-bond donors (Lipinski definition) is 1. The number of methoxy groups -OCH3 is 1. The lowest BCUT2D eigenvalue weighted by atomic mass is 10.1. The van der Waals surface area contributed by atoms with Gasteiger partial charge in [0.15, 0.2) is 5.16 Å². The van der Waals surface area contributed by atoms with Crippen LogP contribution in [0.25, 0.3) is 21.3 Å². The maximum Gasteiger partial charge on any atom is 0.263 e. The fourth-order valence-electron chi connectivity index (χ4n) is 4.13. The Balaban J connectivity index is 1.57. The van der Waals surface area contributed by atoms with Gasteiger partial charge in [-0.3, -0.25) is 14.2 Å². The van der Waals surface area contributed by atoms with Gasteiger partial charge in [0.25, 0.3) is 5.56 Å². The number of benzene rings is 3. The molecular formula is C30H25N3O3S2. The lowest BCUT2D eigenvalue weighted by Gasteiger charge is -2.19. The molecule has 1 unspecified atom stereocenters. The minimum Gasteiger partial charge on any atom is -0.497 e. The highest BCUT2D eigenvalue weighted by molar-refractivity contribution is 8.00. The van der Waals surface area contributed by atoms with Gasteiger partial charge in [-0.15, -0.1) is 17.9 Å². The van der Waals surface area contributed by atoms with Gasteiger partial charge in [-0.1, -0.05) is 84.6 Å². The first kappa shape index (κ1) is 25.5. The number of thioether (sulfide) groups is 1. The molecule has 0 spiro atoms. The van der Waals surface area contributed by atoms with Gasteiger partial charge in [-0.25, -0.2) is 4.98 Å². The number of nitrogens with one attached hydrogen (secondary N) is 1. The van der Waals surface area contributed by atoms with E-state index in [1.807, 2.05) is 84.2 Å². The largest absolute Gasteiger partial charge is 0.497 e. The molecule has 0 radical (unpaired) electrons. The first-order valence-electron chi connectivity index (χ1n) is 11.9. The van der Waals surface area contributed by atoms with Crippen molar-refractivity contribution in [2.75, 3.05) is 12.4 Å². The van der Waals surface area contributed by atoms with Crippen molar-refractivity contribution in [3.8, 4) is 16.9 Å². The van der Waals surface area contributed by atoms with Crippen LogP contribution in [0.3, 0.4) is 0 Å². The molecule has 38 heavy (non-hydrogen) atoms. The summed E-state index contributed by atoms with van der Waals surface area (Å²) >= 11 is 2.67. The lowest BCUT2D eigenvalue weighted by molar-refractivity contribution is -0.115. The molecule has 1 amide bonds. The minimum atomic E-state index is -0.656. The number of amides is 1. The third-order valence-electron chi connectivity index (χ3n) is 5.96. The summed E-state index contributed by atoms with van der Waals surface area (Å²) < 4.78 is 6.89. The zero-order chi connectivity index (χ0) is 26.5. The Kier molecular flexibility index (Phi) is 7.72. The number of nitrogens with zero attached hydrogens (tertiary/aromatic N) is 2. The number of aromatic nitrogens is 2. The smallest absolute Gasteiger partial charge is 0.263 e. The topological polar surface area (TPSA) is 73.2 Å². The van der Waals surface area contributed by atoms with Crippen LogP contribution in [0.15, 0.2) is 113 Å². The summed E-state index contributed by atoms with van der Waals surface area (Å²) in [4.78, 5) is 32.9. The minimum absolute atomic E-state index is 0.155. The fourth-order valence-corrected chi connectivity index (χ4v) is 6.22. The Labute approximate surface area is 228 Å². The Bertz CT molecular complexity index is 1650. The molecule has 8 heteroatoms. The third-order valence-corrected chi connectivity index (χ3v) is 8.07.